The summed E-state index contributed by atoms with van der Waals surface area (Å²) in [6.45, 7) is 6.15. The molecule has 0 radical (unpaired) electrons. The quantitative estimate of drug-likeness (QED) is 0.593. The predicted molar refractivity (Wildman–Crippen MR) is 60.2 cm³/mol. The molecule has 0 spiro atoms. The molecule has 0 aromatic rings. The van der Waals surface area contributed by atoms with Crippen LogP contribution >= 0.6 is 0 Å². The summed E-state index contributed by atoms with van der Waals surface area (Å²) in [6, 6.07) is 0. The van der Waals surface area contributed by atoms with E-state index in [1.807, 2.05) is 0 Å². The molecule has 2 aliphatic carbocycles. The molecule has 84 valence electrons. The lowest BCUT2D eigenvalue weighted by molar-refractivity contribution is -0.149. The van der Waals surface area contributed by atoms with Crippen LogP contribution < -0.4 is 0 Å². The van der Waals surface area contributed by atoms with E-state index in [2.05, 4.69) is 31.8 Å². The number of fused-ring (bicyclic) bond motifs is 1. The van der Waals surface area contributed by atoms with Gasteiger partial charge in [-0.2, -0.15) is 0 Å². The molecule has 1 fully saturated rings. The van der Waals surface area contributed by atoms with E-state index in [0.29, 0.717) is 0 Å². The summed E-state index contributed by atoms with van der Waals surface area (Å²) >= 11 is 0. The molecule has 1 N–H and O–H groups in total. The van der Waals surface area contributed by atoms with Crippen molar-refractivity contribution in [3.8, 4) is 0 Å². The maximum atomic E-state index is 11.4. The Bertz CT molecular complexity index is 302. The van der Waals surface area contributed by atoms with E-state index in [-0.39, 0.29) is 11.8 Å². The number of allylic oxidation sites excluding steroid dienone is 2. The molecule has 0 amide bonds. The topological polar surface area (TPSA) is 46.5 Å². The SMILES string of the molecule is C[Si](C)(C)OC1(C(=O)O)C2CC=CCC21. The normalized spacial score (nSPS) is 38.6. The van der Waals surface area contributed by atoms with Crippen molar-refractivity contribution in [2.75, 3.05) is 0 Å². The minimum Gasteiger partial charge on any atom is -0.479 e. The number of carbonyl (C=O) groups is 1. The molecule has 0 saturated heterocycles. The molecule has 15 heavy (non-hydrogen) atoms. The second-order valence-corrected chi connectivity index (χ2v) is 9.90. The van der Waals surface area contributed by atoms with Crippen LogP contribution in [0, 0.1) is 11.8 Å². The third kappa shape index (κ3) is 1.65. The van der Waals surface area contributed by atoms with Gasteiger partial charge >= 0.3 is 5.97 Å². The van der Waals surface area contributed by atoms with Gasteiger partial charge in [-0.05, 0) is 32.5 Å². The van der Waals surface area contributed by atoms with E-state index in [1.165, 1.54) is 0 Å². The molecule has 3 nitrogen and oxygen atoms in total. The van der Waals surface area contributed by atoms with Crippen molar-refractivity contribution in [3.63, 3.8) is 0 Å². The van der Waals surface area contributed by atoms with Gasteiger partial charge in [0.25, 0.3) is 0 Å². The number of carboxylic acids is 1. The van der Waals surface area contributed by atoms with E-state index >= 15 is 0 Å². The monoisotopic (exact) mass is 226 g/mol. The van der Waals surface area contributed by atoms with Gasteiger partial charge in [0.15, 0.2) is 13.9 Å². The van der Waals surface area contributed by atoms with E-state index in [9.17, 15) is 9.90 Å². The van der Waals surface area contributed by atoms with Gasteiger partial charge in [-0.25, -0.2) is 4.79 Å². The Hall–Kier alpha value is -0.613. The van der Waals surface area contributed by atoms with Gasteiger partial charge in [0, 0.05) is 11.8 Å². The molecule has 0 aromatic carbocycles. The van der Waals surface area contributed by atoms with Crippen LogP contribution in [0.2, 0.25) is 19.6 Å². The minimum absolute atomic E-state index is 0.215. The average Bonchev–Trinajstić information content (AvgIpc) is 2.73. The van der Waals surface area contributed by atoms with Crippen LogP contribution in [0.15, 0.2) is 12.2 Å². The molecule has 0 heterocycles. The molecule has 2 atom stereocenters. The van der Waals surface area contributed by atoms with Crippen LogP contribution in [-0.2, 0) is 9.22 Å². The van der Waals surface area contributed by atoms with E-state index in [4.69, 9.17) is 4.43 Å². The first-order chi connectivity index (χ1) is 6.88. The van der Waals surface area contributed by atoms with Crippen molar-refractivity contribution in [2.24, 2.45) is 11.8 Å². The van der Waals surface area contributed by atoms with Crippen LogP contribution in [0.5, 0.6) is 0 Å². The fourth-order valence-corrected chi connectivity index (χ4v) is 4.10. The standard InChI is InChI=1S/C11H18O3Si/c1-15(2,3)14-11(10(12)13)8-6-4-5-7-9(8)11/h4-5,8-9H,6-7H2,1-3H3,(H,12,13). The Labute approximate surface area is 91.3 Å². The van der Waals surface area contributed by atoms with Crippen molar-refractivity contribution in [2.45, 2.75) is 38.1 Å². The maximum Gasteiger partial charge on any atom is 0.335 e. The Morgan fingerprint density at radius 1 is 1.33 bits per heavy atom. The van der Waals surface area contributed by atoms with Crippen LogP contribution in [0.4, 0.5) is 0 Å². The van der Waals surface area contributed by atoms with Crippen LogP contribution in [0.1, 0.15) is 12.8 Å². The Balaban J connectivity index is 2.19. The van der Waals surface area contributed by atoms with Crippen molar-refractivity contribution < 1.29 is 14.3 Å². The summed E-state index contributed by atoms with van der Waals surface area (Å²) in [7, 11) is -1.79. The van der Waals surface area contributed by atoms with Crippen LogP contribution in [-0.4, -0.2) is 25.0 Å². The summed E-state index contributed by atoms with van der Waals surface area (Å²) in [5.41, 5.74) is -0.853. The minimum atomic E-state index is -1.79. The molecular weight excluding hydrogens is 208 g/mol. The average molecular weight is 226 g/mol. The van der Waals surface area contributed by atoms with Gasteiger partial charge < -0.3 is 9.53 Å². The number of aliphatic carboxylic acids is 1. The second kappa shape index (κ2) is 3.19. The largest absolute Gasteiger partial charge is 0.479 e. The first-order valence-corrected chi connectivity index (χ1v) is 8.87. The molecular formula is C11H18O3Si. The Morgan fingerprint density at radius 3 is 2.13 bits per heavy atom. The molecule has 0 bridgehead atoms. The van der Waals surface area contributed by atoms with Crippen molar-refractivity contribution in [3.05, 3.63) is 12.2 Å². The molecule has 2 aliphatic rings. The summed E-state index contributed by atoms with van der Waals surface area (Å²) in [5, 5.41) is 9.37. The van der Waals surface area contributed by atoms with Gasteiger partial charge in [-0.1, -0.05) is 12.2 Å². The van der Waals surface area contributed by atoms with Crippen LogP contribution in [0.3, 0.4) is 0 Å². The first-order valence-electron chi connectivity index (χ1n) is 5.46. The lowest BCUT2D eigenvalue weighted by Crippen LogP contribution is -2.41. The Morgan fingerprint density at radius 2 is 1.80 bits per heavy atom. The van der Waals surface area contributed by atoms with Gasteiger partial charge in [0.1, 0.15) is 0 Å². The molecule has 0 aliphatic heterocycles. The lowest BCUT2D eigenvalue weighted by Gasteiger charge is -2.24. The highest BCUT2D eigenvalue weighted by molar-refractivity contribution is 6.70. The first kappa shape index (κ1) is 10.9. The zero-order chi connectivity index (χ0) is 11.3. The highest BCUT2D eigenvalue weighted by Crippen LogP contribution is 2.60. The lowest BCUT2D eigenvalue weighted by atomic mass is 10.1. The maximum absolute atomic E-state index is 11.4. The second-order valence-electron chi connectivity index (χ2n) is 5.47. The molecule has 2 rings (SSSR count). The van der Waals surface area contributed by atoms with Crippen molar-refractivity contribution >= 4 is 14.3 Å². The number of hydrogen-bond donors (Lipinski definition) is 1. The van der Waals surface area contributed by atoms with Crippen molar-refractivity contribution in [1.82, 2.24) is 0 Å². The summed E-state index contributed by atoms with van der Waals surface area (Å²) < 4.78 is 5.94. The molecule has 4 heteroatoms. The molecule has 2 unspecified atom stereocenters. The van der Waals surface area contributed by atoms with Gasteiger partial charge in [-0.3, -0.25) is 0 Å². The highest BCUT2D eigenvalue weighted by atomic mass is 28.4. The molecule has 1 saturated carbocycles. The van der Waals surface area contributed by atoms with Gasteiger partial charge in [0.2, 0.25) is 0 Å². The van der Waals surface area contributed by atoms with Crippen molar-refractivity contribution in [1.29, 1.82) is 0 Å². The van der Waals surface area contributed by atoms with E-state index in [0.717, 1.165) is 12.8 Å². The van der Waals surface area contributed by atoms with Crippen LogP contribution in [0.25, 0.3) is 0 Å². The van der Waals surface area contributed by atoms with E-state index in [1.54, 1.807) is 0 Å². The zero-order valence-electron chi connectivity index (χ0n) is 9.49. The number of carboxylic acid groups (broad SMARTS) is 1. The van der Waals surface area contributed by atoms with Gasteiger partial charge in [0.05, 0.1) is 0 Å². The summed E-state index contributed by atoms with van der Waals surface area (Å²) in [6.07, 6.45) is 5.89. The molecule has 0 aromatic heterocycles. The number of hydrogen-bond acceptors (Lipinski definition) is 2. The smallest absolute Gasteiger partial charge is 0.335 e. The highest BCUT2D eigenvalue weighted by Gasteiger charge is 2.71. The van der Waals surface area contributed by atoms with Gasteiger partial charge in [-0.15, -0.1) is 0 Å². The summed E-state index contributed by atoms with van der Waals surface area (Å²) in [5.74, 6) is -0.331. The Kier molecular flexibility index (Phi) is 2.31. The fraction of sp³-hybridized carbons (Fsp3) is 0.727. The summed E-state index contributed by atoms with van der Waals surface area (Å²) in [4.78, 5) is 11.4. The fourth-order valence-electron chi connectivity index (χ4n) is 2.69. The van der Waals surface area contributed by atoms with E-state index < -0.39 is 19.9 Å². The third-order valence-electron chi connectivity index (χ3n) is 3.23. The zero-order valence-corrected chi connectivity index (χ0v) is 10.5. The number of rotatable bonds is 3. The third-order valence-corrected chi connectivity index (χ3v) is 4.18. The predicted octanol–water partition coefficient (Wildman–Crippen LogP) is 2.26.